The fraction of sp³-hybridized carbons (Fsp3) is 0.273. The Hall–Kier alpha value is -0.970. The molecular formula is C11H14O3S. The van der Waals surface area contributed by atoms with Crippen LogP contribution in [0.3, 0.4) is 0 Å². The molecule has 0 aliphatic heterocycles. The molecule has 0 fully saturated rings. The van der Waals surface area contributed by atoms with Crippen LogP contribution in [0.2, 0.25) is 0 Å². The lowest BCUT2D eigenvalue weighted by molar-refractivity contribution is 0.269. The minimum Gasteiger partial charge on any atom is -0.268 e. The Labute approximate surface area is 92.6 Å². The van der Waals surface area contributed by atoms with Crippen molar-refractivity contribution in [3.8, 4) is 0 Å². The normalized spacial score (nSPS) is 12.3. The molecule has 0 aliphatic rings. The molecule has 82 valence electrons. The van der Waals surface area contributed by atoms with Gasteiger partial charge in [0.15, 0.2) is 0 Å². The molecule has 1 aromatic rings. The van der Waals surface area contributed by atoms with Crippen molar-refractivity contribution in [1.29, 1.82) is 0 Å². The molecule has 1 atom stereocenters. The molecule has 15 heavy (non-hydrogen) atoms. The number of hydrogen-bond acceptors (Lipinski definition) is 3. The van der Waals surface area contributed by atoms with E-state index in [0.717, 1.165) is 12.0 Å². The van der Waals surface area contributed by atoms with E-state index in [0.29, 0.717) is 6.61 Å². The second-order valence-electron chi connectivity index (χ2n) is 2.83. The highest BCUT2D eigenvalue weighted by Crippen LogP contribution is 2.00. The largest absolute Gasteiger partial charge is 0.304 e. The summed E-state index contributed by atoms with van der Waals surface area (Å²) in [6.07, 6.45) is 2.25. The Kier molecular flexibility index (Phi) is 5.92. The van der Waals surface area contributed by atoms with E-state index in [9.17, 15) is 4.21 Å². The third-order valence-electron chi connectivity index (χ3n) is 1.70. The third-order valence-corrected chi connectivity index (χ3v) is 2.38. The summed E-state index contributed by atoms with van der Waals surface area (Å²) in [5.74, 6) is 0. The predicted octanol–water partition coefficient (Wildman–Crippen LogP) is 2.03. The van der Waals surface area contributed by atoms with Crippen LogP contribution >= 0.6 is 0 Å². The van der Waals surface area contributed by atoms with Gasteiger partial charge in [0.25, 0.3) is 0 Å². The van der Waals surface area contributed by atoms with Crippen molar-refractivity contribution in [1.82, 2.24) is 0 Å². The molecule has 0 aliphatic carbocycles. The molecule has 3 nitrogen and oxygen atoms in total. The average Bonchev–Trinajstić information content (AvgIpc) is 2.28. The molecule has 4 heteroatoms. The Balaban J connectivity index is 2.16. The average molecular weight is 226 g/mol. The molecule has 1 unspecified atom stereocenters. The van der Waals surface area contributed by atoms with Crippen molar-refractivity contribution in [2.24, 2.45) is 0 Å². The summed E-state index contributed by atoms with van der Waals surface area (Å²) in [6.45, 7) is 4.06. The van der Waals surface area contributed by atoms with Gasteiger partial charge in [0.1, 0.15) is 0 Å². The zero-order valence-electron chi connectivity index (χ0n) is 8.43. The summed E-state index contributed by atoms with van der Waals surface area (Å²) in [5.41, 5.74) is 1.15. The fourth-order valence-electron chi connectivity index (χ4n) is 1.01. The summed E-state index contributed by atoms with van der Waals surface area (Å²) in [5, 5.41) is 0. The van der Waals surface area contributed by atoms with Gasteiger partial charge in [0.05, 0.1) is 13.2 Å². The van der Waals surface area contributed by atoms with E-state index in [-0.39, 0.29) is 6.61 Å². The van der Waals surface area contributed by atoms with Crippen LogP contribution in [0.15, 0.2) is 43.0 Å². The van der Waals surface area contributed by atoms with Gasteiger partial charge in [0, 0.05) is 0 Å². The van der Waals surface area contributed by atoms with Gasteiger partial charge in [-0.1, -0.05) is 36.4 Å². The van der Waals surface area contributed by atoms with Crippen LogP contribution < -0.4 is 0 Å². The van der Waals surface area contributed by atoms with Gasteiger partial charge in [-0.2, -0.15) is 4.21 Å². The van der Waals surface area contributed by atoms with Gasteiger partial charge in [-0.05, 0) is 12.0 Å². The Bertz CT molecular complexity index is 311. The maximum Gasteiger partial charge on any atom is 0.304 e. The Morgan fingerprint density at radius 1 is 1.27 bits per heavy atom. The highest BCUT2D eigenvalue weighted by Gasteiger charge is 1.99. The van der Waals surface area contributed by atoms with Crippen LogP contribution in [0, 0.1) is 0 Å². The molecule has 0 spiro atoms. The van der Waals surface area contributed by atoms with Crippen LogP contribution in [0.1, 0.15) is 5.56 Å². The molecule has 0 aromatic heterocycles. The highest BCUT2D eigenvalue weighted by molar-refractivity contribution is 7.75. The second kappa shape index (κ2) is 7.34. The van der Waals surface area contributed by atoms with Gasteiger partial charge < -0.3 is 0 Å². The predicted molar refractivity (Wildman–Crippen MR) is 60.4 cm³/mol. The molecule has 0 radical (unpaired) electrons. The highest BCUT2D eigenvalue weighted by atomic mass is 32.2. The first-order valence-electron chi connectivity index (χ1n) is 4.66. The van der Waals surface area contributed by atoms with Crippen LogP contribution in [0.25, 0.3) is 0 Å². The summed E-state index contributed by atoms with van der Waals surface area (Å²) < 4.78 is 20.7. The maximum atomic E-state index is 11.0. The van der Waals surface area contributed by atoms with Crippen molar-refractivity contribution in [3.63, 3.8) is 0 Å². The Morgan fingerprint density at radius 3 is 2.67 bits per heavy atom. The van der Waals surface area contributed by atoms with Gasteiger partial charge in [-0.3, -0.25) is 8.37 Å². The number of rotatable bonds is 7. The van der Waals surface area contributed by atoms with Gasteiger partial charge >= 0.3 is 11.4 Å². The van der Waals surface area contributed by atoms with E-state index in [2.05, 4.69) is 6.58 Å². The third kappa shape index (κ3) is 5.47. The zero-order chi connectivity index (χ0) is 10.9. The van der Waals surface area contributed by atoms with Crippen molar-refractivity contribution in [2.45, 2.75) is 6.42 Å². The van der Waals surface area contributed by atoms with Gasteiger partial charge in [-0.15, -0.1) is 6.58 Å². The fourth-order valence-corrected chi connectivity index (χ4v) is 1.50. The van der Waals surface area contributed by atoms with E-state index in [1.165, 1.54) is 6.08 Å². The minimum atomic E-state index is -1.66. The number of benzene rings is 1. The lowest BCUT2D eigenvalue weighted by Crippen LogP contribution is -2.05. The second-order valence-corrected chi connectivity index (χ2v) is 3.71. The molecule has 1 aromatic carbocycles. The van der Waals surface area contributed by atoms with Gasteiger partial charge in [0.2, 0.25) is 0 Å². The lowest BCUT2D eigenvalue weighted by Gasteiger charge is -2.02. The molecule has 0 amide bonds. The molecule has 1 rings (SSSR count). The SMILES string of the molecule is C=CCOS(=O)OCCc1ccccc1. The monoisotopic (exact) mass is 226 g/mol. The van der Waals surface area contributed by atoms with Crippen LogP contribution in [0.4, 0.5) is 0 Å². The maximum absolute atomic E-state index is 11.0. The van der Waals surface area contributed by atoms with Crippen LogP contribution in [-0.4, -0.2) is 17.4 Å². The van der Waals surface area contributed by atoms with E-state index in [4.69, 9.17) is 8.37 Å². The van der Waals surface area contributed by atoms with E-state index >= 15 is 0 Å². The molecule has 0 saturated heterocycles. The quantitative estimate of drug-likeness (QED) is 0.667. The van der Waals surface area contributed by atoms with Crippen molar-refractivity contribution in [2.75, 3.05) is 13.2 Å². The smallest absolute Gasteiger partial charge is 0.268 e. The Morgan fingerprint density at radius 2 is 2.00 bits per heavy atom. The molecule has 0 N–H and O–H groups in total. The first kappa shape index (κ1) is 12.1. The molecule has 0 heterocycles. The lowest BCUT2D eigenvalue weighted by atomic mass is 10.2. The molecule has 0 bridgehead atoms. The standard InChI is InChI=1S/C11H14O3S/c1-2-9-13-15(12)14-10-8-11-6-4-3-5-7-11/h2-7H,1,8-10H2. The summed E-state index contributed by atoms with van der Waals surface area (Å²) in [4.78, 5) is 0. The van der Waals surface area contributed by atoms with Crippen molar-refractivity contribution in [3.05, 3.63) is 48.6 Å². The van der Waals surface area contributed by atoms with E-state index in [1.54, 1.807) is 0 Å². The van der Waals surface area contributed by atoms with Crippen LogP contribution in [0.5, 0.6) is 0 Å². The van der Waals surface area contributed by atoms with Crippen LogP contribution in [-0.2, 0) is 26.1 Å². The van der Waals surface area contributed by atoms with Gasteiger partial charge in [-0.25, -0.2) is 0 Å². The zero-order valence-corrected chi connectivity index (χ0v) is 9.24. The van der Waals surface area contributed by atoms with E-state index < -0.39 is 11.4 Å². The minimum absolute atomic E-state index is 0.234. The number of hydrogen-bond donors (Lipinski definition) is 0. The molecule has 0 saturated carbocycles. The summed E-state index contributed by atoms with van der Waals surface area (Å²) in [7, 11) is 0. The molecular weight excluding hydrogens is 212 g/mol. The van der Waals surface area contributed by atoms with Crippen molar-refractivity contribution >= 4 is 11.4 Å². The topological polar surface area (TPSA) is 35.5 Å². The van der Waals surface area contributed by atoms with Crippen molar-refractivity contribution < 1.29 is 12.6 Å². The van der Waals surface area contributed by atoms with E-state index in [1.807, 2.05) is 30.3 Å². The summed E-state index contributed by atoms with van der Waals surface area (Å²) >= 11 is -1.66. The summed E-state index contributed by atoms with van der Waals surface area (Å²) in [6, 6.07) is 9.87. The first-order chi connectivity index (χ1) is 7.33. The first-order valence-corrected chi connectivity index (χ1v) is 5.66.